The van der Waals surface area contributed by atoms with E-state index in [4.69, 9.17) is 0 Å². The third-order valence-electron chi connectivity index (χ3n) is 7.79. The average molecular weight is 430 g/mol. The Balaban J connectivity index is 1.18. The summed E-state index contributed by atoms with van der Waals surface area (Å²) in [5.41, 5.74) is 6.49. The molecule has 32 heavy (non-hydrogen) atoms. The first-order chi connectivity index (χ1) is 15.7. The molecule has 0 aromatic heterocycles. The van der Waals surface area contributed by atoms with Crippen LogP contribution >= 0.6 is 0 Å². The van der Waals surface area contributed by atoms with Crippen LogP contribution in [0.1, 0.15) is 66.3 Å². The molecular formula is C29H39N3. The van der Waals surface area contributed by atoms with Gasteiger partial charge in [-0.25, -0.2) is 0 Å². The molecule has 2 aliphatic rings. The van der Waals surface area contributed by atoms with Crippen LogP contribution in [0.3, 0.4) is 0 Å². The second-order valence-corrected chi connectivity index (χ2v) is 9.95. The van der Waals surface area contributed by atoms with E-state index in [1.54, 1.807) is 11.1 Å². The van der Waals surface area contributed by atoms with Crippen LogP contribution < -0.4 is 0 Å². The minimum atomic E-state index is 0.608. The summed E-state index contributed by atoms with van der Waals surface area (Å²) < 4.78 is 0. The number of nitrogens with zero attached hydrogens (tertiary/aromatic N) is 3. The predicted octanol–water partition coefficient (Wildman–Crippen LogP) is 5.56. The topological polar surface area (TPSA) is 30.3 Å². The van der Waals surface area contributed by atoms with Crippen molar-refractivity contribution in [3.05, 3.63) is 70.3 Å². The van der Waals surface area contributed by atoms with Gasteiger partial charge in [-0.2, -0.15) is 5.26 Å². The summed E-state index contributed by atoms with van der Waals surface area (Å²) in [6.45, 7) is 11.7. The molecular weight excluding hydrogens is 390 g/mol. The number of fused-ring (bicyclic) bond motifs is 1. The molecule has 2 aromatic rings. The van der Waals surface area contributed by atoms with E-state index in [0.29, 0.717) is 5.92 Å². The first kappa shape index (κ1) is 23.0. The Bertz CT molecular complexity index is 920. The van der Waals surface area contributed by atoms with E-state index in [1.165, 1.54) is 83.4 Å². The van der Waals surface area contributed by atoms with E-state index in [1.807, 2.05) is 6.07 Å². The van der Waals surface area contributed by atoms with Crippen molar-refractivity contribution in [2.24, 2.45) is 5.92 Å². The molecule has 0 saturated carbocycles. The zero-order chi connectivity index (χ0) is 22.3. The number of benzene rings is 2. The second-order valence-electron chi connectivity index (χ2n) is 9.95. The molecule has 0 radical (unpaired) electrons. The molecule has 1 fully saturated rings. The first-order valence-electron chi connectivity index (χ1n) is 12.7. The molecule has 0 bridgehead atoms. The van der Waals surface area contributed by atoms with Crippen molar-refractivity contribution in [1.82, 2.24) is 9.80 Å². The van der Waals surface area contributed by atoms with E-state index in [2.05, 4.69) is 66.1 Å². The molecule has 3 nitrogen and oxygen atoms in total. The Labute approximate surface area is 195 Å². The molecule has 2 aromatic carbocycles. The van der Waals surface area contributed by atoms with Crippen molar-refractivity contribution in [2.45, 2.75) is 58.3 Å². The monoisotopic (exact) mass is 429 g/mol. The van der Waals surface area contributed by atoms with Crippen LogP contribution in [0.2, 0.25) is 0 Å². The summed E-state index contributed by atoms with van der Waals surface area (Å²) in [5.74, 6) is 1.44. The van der Waals surface area contributed by atoms with Gasteiger partial charge in [0.2, 0.25) is 0 Å². The minimum Gasteiger partial charge on any atom is -0.301 e. The Morgan fingerprint density at radius 1 is 1.03 bits per heavy atom. The van der Waals surface area contributed by atoms with Crippen molar-refractivity contribution < 1.29 is 0 Å². The average Bonchev–Trinajstić information content (AvgIpc) is 2.83. The van der Waals surface area contributed by atoms with Gasteiger partial charge in [-0.1, -0.05) is 43.3 Å². The van der Waals surface area contributed by atoms with E-state index in [-0.39, 0.29) is 0 Å². The summed E-state index contributed by atoms with van der Waals surface area (Å²) in [6, 6.07) is 17.7. The molecule has 0 amide bonds. The molecule has 1 aliphatic heterocycles. The Kier molecular flexibility index (Phi) is 8.00. The fourth-order valence-corrected chi connectivity index (χ4v) is 5.72. The van der Waals surface area contributed by atoms with Crippen LogP contribution in [0.15, 0.2) is 42.5 Å². The summed E-state index contributed by atoms with van der Waals surface area (Å²) in [7, 11) is 0. The van der Waals surface area contributed by atoms with Crippen LogP contribution in [0, 0.1) is 24.2 Å². The highest BCUT2D eigenvalue weighted by Crippen LogP contribution is 2.28. The Hall–Kier alpha value is -2.15. The molecule has 3 heteroatoms. The van der Waals surface area contributed by atoms with Crippen LogP contribution in [-0.2, 0) is 12.8 Å². The lowest BCUT2D eigenvalue weighted by Gasteiger charge is -2.37. The Morgan fingerprint density at radius 3 is 2.50 bits per heavy atom. The second kappa shape index (κ2) is 11.1. The molecule has 170 valence electrons. The van der Waals surface area contributed by atoms with Gasteiger partial charge in [-0.05, 0) is 92.1 Å². The van der Waals surface area contributed by atoms with Crippen LogP contribution in [0.5, 0.6) is 0 Å². The normalized spacial score (nSPS) is 20.5. The lowest BCUT2D eigenvalue weighted by Crippen LogP contribution is -2.48. The maximum absolute atomic E-state index is 9.18. The predicted molar refractivity (Wildman–Crippen MR) is 133 cm³/mol. The van der Waals surface area contributed by atoms with E-state index < -0.39 is 0 Å². The van der Waals surface area contributed by atoms with Gasteiger partial charge >= 0.3 is 0 Å². The van der Waals surface area contributed by atoms with Crippen LogP contribution in [0.4, 0.5) is 0 Å². The van der Waals surface area contributed by atoms with Gasteiger partial charge in [0.1, 0.15) is 0 Å². The first-order valence-corrected chi connectivity index (χ1v) is 12.7. The maximum Gasteiger partial charge on any atom is 0.0994 e. The summed E-state index contributed by atoms with van der Waals surface area (Å²) in [6.07, 6.45) is 7.55. The lowest BCUT2D eigenvalue weighted by molar-refractivity contribution is 0.113. The zero-order valence-corrected chi connectivity index (χ0v) is 20.0. The van der Waals surface area contributed by atoms with Gasteiger partial charge in [-0.15, -0.1) is 0 Å². The molecule has 4 rings (SSSR count). The number of hydrogen-bond donors (Lipinski definition) is 0. The van der Waals surface area contributed by atoms with Gasteiger partial charge < -0.3 is 9.80 Å². The van der Waals surface area contributed by atoms with Gasteiger partial charge in [-0.3, -0.25) is 0 Å². The number of rotatable bonds is 8. The van der Waals surface area contributed by atoms with Gasteiger partial charge in [0.05, 0.1) is 11.6 Å². The van der Waals surface area contributed by atoms with Crippen molar-refractivity contribution in [1.29, 1.82) is 5.26 Å². The Morgan fingerprint density at radius 2 is 1.78 bits per heavy atom. The maximum atomic E-state index is 9.18. The molecule has 2 atom stereocenters. The highest BCUT2D eigenvalue weighted by molar-refractivity contribution is 5.40. The molecule has 1 aliphatic carbocycles. The third-order valence-corrected chi connectivity index (χ3v) is 7.79. The van der Waals surface area contributed by atoms with Crippen molar-refractivity contribution in [2.75, 3.05) is 39.3 Å². The molecule has 0 N–H and O–H groups in total. The third kappa shape index (κ3) is 5.80. The van der Waals surface area contributed by atoms with Gasteiger partial charge in [0.25, 0.3) is 0 Å². The summed E-state index contributed by atoms with van der Waals surface area (Å²) in [4.78, 5) is 5.38. The molecule has 2 unspecified atom stereocenters. The zero-order valence-electron chi connectivity index (χ0n) is 20.0. The smallest absolute Gasteiger partial charge is 0.0994 e. The SMILES string of the molecule is CCC(CCCN1CCN(CC2CCc3ccccc3C2)CC1)c1ccc(C#N)c(C)c1. The van der Waals surface area contributed by atoms with E-state index in [0.717, 1.165) is 17.0 Å². The summed E-state index contributed by atoms with van der Waals surface area (Å²) in [5, 5.41) is 9.18. The molecule has 1 heterocycles. The summed E-state index contributed by atoms with van der Waals surface area (Å²) >= 11 is 0. The molecule has 0 spiro atoms. The molecule has 1 saturated heterocycles. The minimum absolute atomic E-state index is 0.608. The van der Waals surface area contributed by atoms with Crippen molar-refractivity contribution in [3.8, 4) is 6.07 Å². The van der Waals surface area contributed by atoms with Gasteiger partial charge in [0.15, 0.2) is 0 Å². The quantitative estimate of drug-likeness (QED) is 0.550. The van der Waals surface area contributed by atoms with E-state index >= 15 is 0 Å². The fourth-order valence-electron chi connectivity index (χ4n) is 5.72. The van der Waals surface area contributed by atoms with Crippen LogP contribution in [0.25, 0.3) is 0 Å². The highest BCUT2D eigenvalue weighted by Gasteiger charge is 2.23. The number of aryl methyl sites for hydroxylation is 2. The van der Waals surface area contributed by atoms with Gasteiger partial charge in [0, 0.05) is 32.7 Å². The highest BCUT2D eigenvalue weighted by atomic mass is 15.3. The van der Waals surface area contributed by atoms with Crippen LogP contribution in [-0.4, -0.2) is 49.1 Å². The number of hydrogen-bond acceptors (Lipinski definition) is 3. The fraction of sp³-hybridized carbons (Fsp3) is 0.552. The largest absolute Gasteiger partial charge is 0.301 e. The van der Waals surface area contributed by atoms with E-state index in [9.17, 15) is 5.26 Å². The van der Waals surface area contributed by atoms with Crippen molar-refractivity contribution >= 4 is 0 Å². The number of nitriles is 1. The number of piperazine rings is 1. The van der Waals surface area contributed by atoms with Crippen molar-refractivity contribution in [3.63, 3.8) is 0 Å². The standard InChI is InChI=1S/C29H39N3/c1-3-25(28-12-13-29(21-30)23(2)19-28)9-6-14-31-15-17-32(18-16-31)22-24-10-11-26-7-4-5-8-27(26)20-24/h4-5,7-8,12-13,19,24-25H,3,6,9-11,14-18,20,22H2,1-2H3. The lowest BCUT2D eigenvalue weighted by atomic mass is 9.83.